The third kappa shape index (κ3) is 7.88. The van der Waals surface area contributed by atoms with Crippen LogP contribution in [-0.4, -0.2) is 109 Å². The highest BCUT2D eigenvalue weighted by Crippen LogP contribution is 2.46. The third-order valence-corrected chi connectivity index (χ3v) is 13.9. The molecular weight excluding hydrogens is 915 g/mol. The highest BCUT2D eigenvalue weighted by Gasteiger charge is 2.25. The van der Waals surface area contributed by atoms with Gasteiger partial charge in [-0.15, -0.1) is 0 Å². The van der Waals surface area contributed by atoms with E-state index in [9.17, 15) is 27.6 Å². The second kappa shape index (κ2) is 18.4. The van der Waals surface area contributed by atoms with Gasteiger partial charge >= 0.3 is 0 Å². The van der Waals surface area contributed by atoms with E-state index in [1.165, 1.54) is 0 Å². The topological polar surface area (TPSA) is 206 Å². The van der Waals surface area contributed by atoms with Crippen molar-refractivity contribution in [2.75, 3.05) is 65.2 Å². The van der Waals surface area contributed by atoms with Gasteiger partial charge in [-0.25, -0.2) is 9.97 Å². The van der Waals surface area contributed by atoms with Crippen molar-refractivity contribution >= 4 is 120 Å². The zero-order valence-corrected chi connectivity index (χ0v) is 38.6. The Hall–Kier alpha value is -6.99. The summed E-state index contributed by atoms with van der Waals surface area (Å²) in [4.78, 5) is 65.6. The van der Waals surface area contributed by atoms with Gasteiger partial charge in [0.05, 0.1) is 60.9 Å². The Labute approximate surface area is 398 Å². The molecule has 11 rings (SSSR count). The first-order valence-corrected chi connectivity index (χ1v) is 24.8. The van der Waals surface area contributed by atoms with Crippen LogP contribution in [0.25, 0.3) is 98.0 Å². The predicted molar refractivity (Wildman–Crippen MR) is 269 cm³/mol. The fourth-order valence-electron chi connectivity index (χ4n) is 9.99. The summed E-state index contributed by atoms with van der Waals surface area (Å²) in [6, 6.07) is 26.2. The molecule has 17 heteroatoms. The monoisotopic (exact) mass is 959 g/mol. The number of ether oxygens (including phenoxy) is 4. The van der Waals surface area contributed by atoms with Crippen LogP contribution < -0.4 is 16.4 Å². The first-order valence-electron chi connectivity index (χ1n) is 23.2. The number of Topliss-reactive ketones (excluding diaryl/α,β-unsaturated/α-hetero) is 1. The van der Waals surface area contributed by atoms with E-state index >= 15 is 0 Å². The number of hydrogen-bond acceptors (Lipinski definition) is 12. The van der Waals surface area contributed by atoms with Gasteiger partial charge in [-0.3, -0.25) is 32.5 Å². The van der Waals surface area contributed by atoms with E-state index in [0.717, 1.165) is 53.9 Å². The van der Waals surface area contributed by atoms with E-state index in [4.69, 9.17) is 40.4 Å². The van der Waals surface area contributed by atoms with Crippen molar-refractivity contribution in [1.82, 2.24) is 24.1 Å². The van der Waals surface area contributed by atoms with Crippen LogP contribution in [0.2, 0.25) is 0 Å². The predicted octanol–water partition coefficient (Wildman–Crippen LogP) is 7.38. The van der Waals surface area contributed by atoms with Gasteiger partial charge in [0, 0.05) is 76.2 Å². The van der Waals surface area contributed by atoms with Crippen molar-refractivity contribution in [1.29, 1.82) is 0 Å². The first-order chi connectivity index (χ1) is 34.0. The lowest BCUT2D eigenvalue weighted by atomic mass is 9.86. The Balaban J connectivity index is 0.900. The molecule has 2 N–H and O–H groups in total. The number of carbonyl (C=O) groups is 2. The second-order valence-electron chi connectivity index (χ2n) is 17.4. The molecule has 16 nitrogen and oxygen atoms in total. The minimum absolute atomic E-state index is 0.0490. The molecule has 0 aliphatic rings. The third-order valence-electron chi connectivity index (χ3n) is 13.1. The Morgan fingerprint density at radius 1 is 0.557 bits per heavy atom. The molecule has 4 aromatic heterocycles. The van der Waals surface area contributed by atoms with Crippen LogP contribution >= 0.6 is 0 Å². The number of carbonyl (C=O) groups excluding carboxylic acids is 2. The fourth-order valence-corrected chi connectivity index (χ4v) is 10.5. The zero-order chi connectivity index (χ0) is 48.3. The lowest BCUT2D eigenvalue weighted by molar-refractivity contribution is 0.0476. The van der Waals surface area contributed by atoms with E-state index in [1.807, 2.05) is 36.4 Å². The molecule has 0 saturated carbocycles. The van der Waals surface area contributed by atoms with Crippen LogP contribution in [0.15, 0.2) is 94.5 Å². The SMILES string of the molecule is [CH]CCOCCOCCCC(=O)c1ccc2nc3c4ccc5c6ccc7c8c(ccc(c9ccc(c(=O)n3c2c1)c4c95)c68)c(=O)n1c2ccc(C(=O)NCCOCCOCCCS(=O)(=O)O)cc2nc71. The van der Waals surface area contributed by atoms with Crippen molar-refractivity contribution in [3.8, 4) is 0 Å². The molecule has 0 unspecified atom stereocenters. The number of amides is 1. The average molecular weight is 960 g/mol. The lowest BCUT2D eigenvalue weighted by Gasteiger charge is -2.18. The number of ketones is 1. The summed E-state index contributed by atoms with van der Waals surface area (Å²) in [5.74, 6) is -0.751. The molecule has 4 heterocycles. The van der Waals surface area contributed by atoms with E-state index < -0.39 is 10.1 Å². The highest BCUT2D eigenvalue weighted by atomic mass is 32.2. The first kappa shape index (κ1) is 45.5. The maximum absolute atomic E-state index is 14.6. The molecule has 11 aromatic rings. The Kier molecular flexibility index (Phi) is 11.9. The molecule has 0 atom stereocenters. The molecule has 0 aliphatic carbocycles. The summed E-state index contributed by atoms with van der Waals surface area (Å²) < 4.78 is 55.4. The highest BCUT2D eigenvalue weighted by molar-refractivity contribution is 7.85. The molecule has 1 amide bonds. The van der Waals surface area contributed by atoms with Crippen LogP contribution in [0.3, 0.4) is 0 Å². The molecule has 0 bridgehead atoms. The van der Waals surface area contributed by atoms with Crippen molar-refractivity contribution in [3.05, 3.63) is 124 Å². The molecule has 354 valence electrons. The van der Waals surface area contributed by atoms with Crippen LogP contribution in [-0.2, 0) is 29.1 Å². The lowest BCUT2D eigenvalue weighted by Crippen LogP contribution is -2.27. The maximum atomic E-state index is 14.6. The number of nitrogens with zero attached hydrogens (tertiary/aromatic N) is 4. The van der Waals surface area contributed by atoms with Crippen LogP contribution in [0.5, 0.6) is 0 Å². The van der Waals surface area contributed by atoms with Gasteiger partial charge in [0.15, 0.2) is 5.78 Å². The number of aromatic nitrogens is 4. The van der Waals surface area contributed by atoms with Gasteiger partial charge in [-0.1, -0.05) is 24.3 Å². The molecule has 70 heavy (non-hydrogen) atoms. The van der Waals surface area contributed by atoms with Crippen molar-refractivity contribution in [2.45, 2.75) is 25.7 Å². The van der Waals surface area contributed by atoms with E-state index in [-0.39, 0.29) is 68.0 Å². The number of benzene rings is 7. The normalized spacial score (nSPS) is 12.7. The number of pyridine rings is 2. The van der Waals surface area contributed by atoms with E-state index in [1.54, 1.807) is 45.2 Å². The van der Waals surface area contributed by atoms with Crippen molar-refractivity contribution in [3.63, 3.8) is 0 Å². The minimum Gasteiger partial charge on any atom is -0.379 e. The molecular formula is C53H45N5O11S. The minimum atomic E-state index is -4.02. The van der Waals surface area contributed by atoms with Gasteiger partial charge in [0.2, 0.25) is 0 Å². The summed E-state index contributed by atoms with van der Waals surface area (Å²) in [5.41, 5.74) is 3.62. The number of hydrogen-bond donors (Lipinski definition) is 2. The largest absolute Gasteiger partial charge is 0.379 e. The van der Waals surface area contributed by atoms with Crippen LogP contribution in [0, 0.1) is 6.92 Å². The van der Waals surface area contributed by atoms with Gasteiger partial charge in [0.25, 0.3) is 27.1 Å². The number of rotatable bonds is 21. The van der Waals surface area contributed by atoms with Crippen molar-refractivity contribution in [2.24, 2.45) is 0 Å². The molecule has 0 fully saturated rings. The van der Waals surface area contributed by atoms with Gasteiger partial charge < -0.3 is 24.3 Å². The van der Waals surface area contributed by atoms with E-state index in [0.29, 0.717) is 101 Å². The summed E-state index contributed by atoms with van der Waals surface area (Å²) in [6.45, 7) is 8.33. The van der Waals surface area contributed by atoms with Crippen molar-refractivity contribution < 1.29 is 41.5 Å². The number of nitrogens with one attached hydrogen (secondary N) is 1. The van der Waals surface area contributed by atoms with Gasteiger partial charge in [0.1, 0.15) is 11.3 Å². The summed E-state index contributed by atoms with van der Waals surface area (Å²) >= 11 is 0. The Bertz CT molecular complexity index is 4080. The quantitative estimate of drug-likeness (QED) is 0.0237. The number of fused-ring (bicyclic) bond motifs is 10. The molecule has 2 radical (unpaired) electrons. The fraction of sp³-hybridized carbons (Fsp3) is 0.264. The summed E-state index contributed by atoms with van der Waals surface area (Å²) in [6.07, 6.45) is 1.46. The summed E-state index contributed by atoms with van der Waals surface area (Å²) in [5, 5.41) is 12.6. The molecule has 0 spiro atoms. The Morgan fingerprint density at radius 2 is 1.06 bits per heavy atom. The van der Waals surface area contributed by atoms with Crippen LogP contribution in [0.1, 0.15) is 46.4 Å². The second-order valence-corrected chi connectivity index (χ2v) is 18.9. The Morgan fingerprint density at radius 3 is 1.66 bits per heavy atom. The van der Waals surface area contributed by atoms with Gasteiger partial charge in [-0.2, -0.15) is 8.42 Å². The van der Waals surface area contributed by atoms with Crippen LogP contribution in [0.4, 0.5) is 0 Å². The molecule has 0 saturated heterocycles. The van der Waals surface area contributed by atoms with E-state index in [2.05, 4.69) is 17.4 Å². The maximum Gasteiger partial charge on any atom is 0.264 e. The smallest absolute Gasteiger partial charge is 0.264 e. The standard InChI is InChI=1S/C53H45N5O11S/c1-2-19-66-23-24-67-20-3-5-44(59)30-6-16-40-43(29-30)58-49(55-40)36-12-8-32-33-9-13-37-48-38(14-10-34(46(33)48)35-11-15-39(53(58)62)47(36)45(32)35)52(61)57-42-17-7-31(28-41(42)56-50(37)57)51(60)54-18-22-69-26-25-68-21-4-27-70(63,64)65/h1,6-17,28-29H,2-5,18-27H2,(H,54,60)(H,63,64,65). The molecule has 0 aliphatic heterocycles. The average Bonchev–Trinajstić information content (AvgIpc) is 3.94. The number of imidazole rings is 2. The zero-order valence-electron chi connectivity index (χ0n) is 37.8. The molecule has 7 aromatic carbocycles. The summed E-state index contributed by atoms with van der Waals surface area (Å²) in [7, 11) is -4.02. The van der Waals surface area contributed by atoms with Gasteiger partial charge in [-0.05, 0) is 119 Å².